The number of allylic oxidation sites excluding steroid dienone is 1. The van der Waals surface area contributed by atoms with Crippen molar-refractivity contribution in [3.05, 3.63) is 36.4 Å². The lowest BCUT2D eigenvalue weighted by Crippen LogP contribution is -2.11. The first-order chi connectivity index (χ1) is 5.74. The molecule has 0 fully saturated rings. The van der Waals surface area contributed by atoms with E-state index in [4.69, 9.17) is 4.74 Å². The van der Waals surface area contributed by atoms with Crippen molar-refractivity contribution in [2.45, 2.75) is 6.92 Å². The van der Waals surface area contributed by atoms with Crippen LogP contribution in [0.2, 0.25) is 0 Å². The van der Waals surface area contributed by atoms with Crippen LogP contribution in [-0.2, 0) is 4.74 Å². The van der Waals surface area contributed by atoms with Crippen LogP contribution in [0.5, 0.6) is 0 Å². The molecule has 1 heterocycles. The lowest BCUT2D eigenvalue weighted by molar-refractivity contribution is 0.292. The molecule has 0 aromatic heterocycles. The van der Waals surface area contributed by atoms with Crippen molar-refractivity contribution < 1.29 is 4.74 Å². The van der Waals surface area contributed by atoms with Gasteiger partial charge in [-0.3, -0.25) is 0 Å². The molecule has 0 spiro atoms. The zero-order valence-electron chi connectivity index (χ0n) is 7.29. The van der Waals surface area contributed by atoms with Crippen LogP contribution in [0.4, 0.5) is 0 Å². The van der Waals surface area contributed by atoms with Gasteiger partial charge in [0.05, 0.1) is 13.3 Å². The molecule has 0 radical (unpaired) electrons. The molecule has 1 rings (SSSR count). The number of aliphatic imine (C=N–C) groups is 1. The second kappa shape index (κ2) is 3.76. The fraction of sp³-hybridized carbons (Fsp3) is 0.222. The highest BCUT2D eigenvalue weighted by Gasteiger charge is 2.03. The van der Waals surface area contributed by atoms with Crippen LogP contribution in [0.25, 0.3) is 0 Å². The molecule has 0 unspecified atom stereocenters. The summed E-state index contributed by atoms with van der Waals surface area (Å²) in [5.41, 5.74) is 0.884. The topological polar surface area (TPSA) is 33.6 Å². The fourth-order valence-corrected chi connectivity index (χ4v) is 0.721. The largest absolute Gasteiger partial charge is 0.500 e. The van der Waals surface area contributed by atoms with E-state index in [2.05, 4.69) is 16.9 Å². The average molecular weight is 164 g/mol. The minimum absolute atomic E-state index is 0.768. The second-order valence-corrected chi connectivity index (χ2v) is 2.42. The molecule has 0 aromatic carbocycles. The number of rotatable bonds is 2. The van der Waals surface area contributed by atoms with Crippen molar-refractivity contribution in [2.24, 2.45) is 4.99 Å². The minimum Gasteiger partial charge on any atom is -0.500 e. The summed E-state index contributed by atoms with van der Waals surface area (Å²) in [6.07, 6.45) is 5.33. The maximum atomic E-state index is 4.92. The summed E-state index contributed by atoms with van der Waals surface area (Å²) < 4.78 is 4.92. The molecule has 0 saturated heterocycles. The zero-order chi connectivity index (χ0) is 8.97. The molecule has 0 saturated carbocycles. The highest BCUT2D eigenvalue weighted by molar-refractivity contribution is 6.03. The third-order valence-electron chi connectivity index (χ3n) is 1.51. The summed E-state index contributed by atoms with van der Waals surface area (Å²) in [6, 6.07) is 0. The van der Waals surface area contributed by atoms with E-state index in [1.165, 1.54) is 0 Å². The summed E-state index contributed by atoms with van der Waals surface area (Å²) in [4.78, 5) is 4.13. The van der Waals surface area contributed by atoms with E-state index in [-0.39, 0.29) is 0 Å². The van der Waals surface area contributed by atoms with Gasteiger partial charge in [0, 0.05) is 11.8 Å². The zero-order valence-corrected chi connectivity index (χ0v) is 7.29. The maximum Gasteiger partial charge on any atom is 0.136 e. The van der Waals surface area contributed by atoms with Gasteiger partial charge in [-0.05, 0) is 13.0 Å². The van der Waals surface area contributed by atoms with E-state index in [0.717, 1.165) is 17.2 Å². The van der Waals surface area contributed by atoms with Gasteiger partial charge >= 0.3 is 0 Å². The van der Waals surface area contributed by atoms with E-state index < -0.39 is 0 Å². The van der Waals surface area contributed by atoms with Gasteiger partial charge in [0.1, 0.15) is 11.6 Å². The molecule has 0 bridgehead atoms. The monoisotopic (exact) mass is 164 g/mol. The van der Waals surface area contributed by atoms with E-state index >= 15 is 0 Å². The van der Waals surface area contributed by atoms with Crippen LogP contribution < -0.4 is 5.32 Å². The van der Waals surface area contributed by atoms with Crippen molar-refractivity contribution in [2.75, 3.05) is 7.11 Å². The van der Waals surface area contributed by atoms with Crippen LogP contribution in [0.3, 0.4) is 0 Å². The molecule has 3 heteroatoms. The Morgan fingerprint density at radius 3 is 3.00 bits per heavy atom. The van der Waals surface area contributed by atoms with Gasteiger partial charge in [0.15, 0.2) is 0 Å². The Morgan fingerprint density at radius 1 is 1.75 bits per heavy atom. The number of ether oxygens (including phenoxy) is 1. The van der Waals surface area contributed by atoms with Gasteiger partial charge < -0.3 is 10.1 Å². The van der Waals surface area contributed by atoms with Crippen molar-refractivity contribution in [1.29, 1.82) is 0 Å². The van der Waals surface area contributed by atoms with Crippen LogP contribution >= 0.6 is 0 Å². The molecular weight excluding hydrogens is 152 g/mol. The van der Waals surface area contributed by atoms with Gasteiger partial charge in [-0.2, -0.15) is 0 Å². The summed E-state index contributed by atoms with van der Waals surface area (Å²) in [5.74, 6) is 1.54. The van der Waals surface area contributed by atoms with Crippen LogP contribution in [0, 0.1) is 0 Å². The van der Waals surface area contributed by atoms with Gasteiger partial charge in [-0.1, -0.05) is 6.58 Å². The first-order valence-corrected chi connectivity index (χ1v) is 3.65. The SMILES string of the molecule is C=C1C=CNC1=N/C=C(\C)OC. The molecular formula is C9H12N2O. The molecule has 3 nitrogen and oxygen atoms in total. The average Bonchev–Trinajstić information content (AvgIpc) is 2.47. The van der Waals surface area contributed by atoms with Crippen LogP contribution in [0.1, 0.15) is 6.92 Å². The third kappa shape index (κ3) is 1.99. The molecule has 12 heavy (non-hydrogen) atoms. The predicted octanol–water partition coefficient (Wildman–Crippen LogP) is 1.57. The minimum atomic E-state index is 0.768. The number of hydrogen-bond acceptors (Lipinski definition) is 2. The van der Waals surface area contributed by atoms with E-state index in [1.54, 1.807) is 19.5 Å². The molecule has 0 aliphatic carbocycles. The number of nitrogens with one attached hydrogen (secondary N) is 1. The van der Waals surface area contributed by atoms with Crippen molar-refractivity contribution >= 4 is 5.84 Å². The summed E-state index contributed by atoms with van der Waals surface area (Å²) >= 11 is 0. The molecule has 1 N–H and O–H groups in total. The number of hydrogen-bond donors (Lipinski definition) is 1. The first kappa shape index (κ1) is 8.59. The molecule has 0 amide bonds. The smallest absolute Gasteiger partial charge is 0.136 e. The Labute approximate surface area is 72.1 Å². The van der Waals surface area contributed by atoms with Crippen LogP contribution in [0.15, 0.2) is 41.4 Å². The fourth-order valence-electron chi connectivity index (χ4n) is 0.721. The number of nitrogens with zero attached hydrogens (tertiary/aromatic N) is 1. The predicted molar refractivity (Wildman–Crippen MR) is 49.6 cm³/mol. The summed E-state index contributed by atoms with van der Waals surface area (Å²) in [5, 5.41) is 2.96. The Morgan fingerprint density at radius 2 is 2.50 bits per heavy atom. The van der Waals surface area contributed by atoms with Gasteiger partial charge in [0.25, 0.3) is 0 Å². The Hall–Kier alpha value is -1.51. The standard InChI is InChI=1S/C9H12N2O/c1-7-4-5-10-9(7)11-6-8(2)12-3/h4-6H,1H2,2-3H3,(H,10,11)/b8-6+. The van der Waals surface area contributed by atoms with Crippen molar-refractivity contribution in [3.63, 3.8) is 0 Å². The highest BCUT2D eigenvalue weighted by atomic mass is 16.5. The molecule has 64 valence electrons. The Bertz CT molecular complexity index is 274. The Kier molecular flexibility index (Phi) is 2.69. The quantitative estimate of drug-likeness (QED) is 0.628. The second-order valence-electron chi connectivity index (χ2n) is 2.42. The van der Waals surface area contributed by atoms with Gasteiger partial charge in [-0.15, -0.1) is 0 Å². The summed E-state index contributed by atoms with van der Waals surface area (Å²) in [7, 11) is 1.61. The summed E-state index contributed by atoms with van der Waals surface area (Å²) in [6.45, 7) is 5.63. The lowest BCUT2D eigenvalue weighted by atomic mass is 10.3. The molecule has 1 aliphatic heterocycles. The number of amidine groups is 1. The van der Waals surface area contributed by atoms with Crippen molar-refractivity contribution in [1.82, 2.24) is 5.32 Å². The van der Waals surface area contributed by atoms with Gasteiger partial charge in [-0.25, -0.2) is 4.99 Å². The van der Waals surface area contributed by atoms with Gasteiger partial charge in [0.2, 0.25) is 0 Å². The number of methoxy groups -OCH3 is 1. The lowest BCUT2D eigenvalue weighted by Gasteiger charge is -1.97. The highest BCUT2D eigenvalue weighted by Crippen LogP contribution is 2.03. The maximum absolute atomic E-state index is 4.92. The van der Waals surface area contributed by atoms with E-state index in [0.29, 0.717) is 0 Å². The van der Waals surface area contributed by atoms with E-state index in [1.807, 2.05) is 13.0 Å². The van der Waals surface area contributed by atoms with Crippen LogP contribution in [-0.4, -0.2) is 12.9 Å². The third-order valence-corrected chi connectivity index (χ3v) is 1.51. The molecule has 1 aliphatic rings. The van der Waals surface area contributed by atoms with Crippen molar-refractivity contribution in [3.8, 4) is 0 Å². The first-order valence-electron chi connectivity index (χ1n) is 3.65. The molecule has 0 atom stereocenters. The molecule has 0 aromatic rings. The Balaban J connectivity index is 2.65. The van der Waals surface area contributed by atoms with E-state index in [9.17, 15) is 0 Å². The normalized spacial score (nSPS) is 20.0.